The van der Waals surface area contributed by atoms with Crippen LogP contribution in [0.15, 0.2) is 58.3 Å². The third-order valence-corrected chi connectivity index (χ3v) is 7.02. The molecule has 0 saturated carbocycles. The average Bonchev–Trinajstić information content (AvgIpc) is 2.86. The summed E-state index contributed by atoms with van der Waals surface area (Å²) in [5.41, 5.74) is 3.32. The van der Waals surface area contributed by atoms with E-state index in [4.69, 9.17) is 5.11 Å². The van der Waals surface area contributed by atoms with Crippen molar-refractivity contribution in [1.82, 2.24) is 4.31 Å². The summed E-state index contributed by atoms with van der Waals surface area (Å²) in [6.07, 6.45) is 8.49. The Morgan fingerprint density at radius 2 is 2.07 bits per heavy atom. The van der Waals surface area contributed by atoms with E-state index in [0.717, 1.165) is 28.3 Å². The largest absolute Gasteiger partial charge is 0.478 e. The molecule has 1 aliphatic heterocycles. The number of nitrogens with zero attached hydrogens (tertiary/aromatic N) is 2. The number of para-hydroxylation sites is 1. The molecule has 0 bridgehead atoms. The van der Waals surface area contributed by atoms with Crippen molar-refractivity contribution >= 4 is 47.1 Å². The van der Waals surface area contributed by atoms with Gasteiger partial charge in [0.2, 0.25) is 0 Å². The van der Waals surface area contributed by atoms with Gasteiger partial charge in [-0.1, -0.05) is 38.0 Å². The Hall–Kier alpha value is -1.89. The van der Waals surface area contributed by atoms with Crippen LogP contribution in [0.1, 0.15) is 31.7 Å². The van der Waals surface area contributed by atoms with Gasteiger partial charge >= 0.3 is 5.97 Å². The Labute approximate surface area is 182 Å². The van der Waals surface area contributed by atoms with Crippen molar-refractivity contribution in [2.75, 3.05) is 24.7 Å². The number of anilines is 2. The Morgan fingerprint density at radius 3 is 2.72 bits per heavy atom. The molecule has 3 rings (SSSR count). The lowest BCUT2D eigenvalue weighted by molar-refractivity contribution is -0.131. The molecule has 0 amide bonds. The second-order valence-corrected chi connectivity index (χ2v) is 9.16. The number of hydrogen-bond donors (Lipinski definition) is 1. The fourth-order valence-electron chi connectivity index (χ4n) is 3.54. The highest BCUT2D eigenvalue weighted by Crippen LogP contribution is 2.44. The number of fused-ring (bicyclic) bond motifs is 1. The fraction of sp³-hybridized carbons (Fsp3) is 0.348. The van der Waals surface area contributed by atoms with E-state index < -0.39 is 5.97 Å². The monoisotopic (exact) mass is 428 g/mol. The van der Waals surface area contributed by atoms with Crippen LogP contribution in [0.2, 0.25) is 0 Å². The first-order valence-electron chi connectivity index (χ1n) is 9.90. The van der Waals surface area contributed by atoms with Gasteiger partial charge in [-0.05, 0) is 67.6 Å². The van der Waals surface area contributed by atoms with E-state index in [-0.39, 0.29) is 0 Å². The molecule has 2 aromatic carbocycles. The van der Waals surface area contributed by atoms with Gasteiger partial charge in [0.25, 0.3) is 0 Å². The normalized spacial score (nSPS) is 17.3. The second-order valence-electron chi connectivity index (χ2n) is 7.11. The summed E-state index contributed by atoms with van der Waals surface area (Å²) in [6, 6.07) is 15.3. The number of aliphatic carboxylic acids is 1. The highest BCUT2D eigenvalue weighted by molar-refractivity contribution is 7.98. The zero-order valence-corrected chi connectivity index (χ0v) is 18.8. The summed E-state index contributed by atoms with van der Waals surface area (Å²) in [7, 11) is 2.17. The Bertz CT molecular complexity index is 871. The van der Waals surface area contributed by atoms with Gasteiger partial charge in [-0.3, -0.25) is 0 Å². The molecule has 2 aromatic rings. The third kappa shape index (κ3) is 5.38. The molecular weight excluding hydrogens is 400 g/mol. The summed E-state index contributed by atoms with van der Waals surface area (Å²) in [6.45, 7) is 3.16. The molecule has 29 heavy (non-hydrogen) atoms. The highest BCUT2D eigenvalue weighted by Gasteiger charge is 2.28. The standard InChI is InChI=1S/C23H28N2O2S2/c1-4-5-9-19-16-25(18-10-7-6-8-11-18)20-15-21(28-3)17(12-13-23(26)27)14-22(20)29-24(19)2/h6-8,10-15,19H,4-5,9,16H2,1-3H3,(H,26,27)/b13-12+. The Kier molecular flexibility index (Phi) is 7.70. The predicted octanol–water partition coefficient (Wildman–Crippen LogP) is 6.16. The molecule has 0 aromatic heterocycles. The van der Waals surface area contributed by atoms with Crippen molar-refractivity contribution < 1.29 is 9.90 Å². The first kappa shape index (κ1) is 21.8. The van der Waals surface area contributed by atoms with Gasteiger partial charge in [-0.2, -0.15) is 0 Å². The molecular formula is C23H28N2O2S2. The maximum absolute atomic E-state index is 11.0. The molecule has 1 aliphatic rings. The number of unbranched alkanes of at least 4 members (excludes halogenated alkanes) is 1. The van der Waals surface area contributed by atoms with E-state index in [1.165, 1.54) is 30.3 Å². The number of carbonyl (C=O) groups is 1. The summed E-state index contributed by atoms with van der Waals surface area (Å²) in [4.78, 5) is 15.7. The number of benzene rings is 2. The van der Waals surface area contributed by atoms with Crippen LogP contribution in [0.5, 0.6) is 0 Å². The van der Waals surface area contributed by atoms with E-state index in [9.17, 15) is 4.79 Å². The smallest absolute Gasteiger partial charge is 0.328 e. The van der Waals surface area contributed by atoms with Crippen LogP contribution in [0.4, 0.5) is 11.4 Å². The molecule has 4 nitrogen and oxygen atoms in total. The number of carboxylic acid groups (broad SMARTS) is 1. The number of rotatable bonds is 7. The van der Waals surface area contributed by atoms with Gasteiger partial charge < -0.3 is 10.0 Å². The molecule has 0 aliphatic carbocycles. The number of likely N-dealkylation sites (N-methyl/N-ethyl adjacent to an activating group) is 1. The minimum atomic E-state index is -0.928. The van der Waals surface area contributed by atoms with Crippen LogP contribution in [0.25, 0.3) is 6.08 Å². The third-order valence-electron chi connectivity index (χ3n) is 5.12. The average molecular weight is 429 g/mol. The summed E-state index contributed by atoms with van der Waals surface area (Å²) in [5, 5.41) is 9.06. The van der Waals surface area contributed by atoms with Crippen LogP contribution >= 0.6 is 23.7 Å². The van der Waals surface area contributed by atoms with Crippen LogP contribution in [-0.4, -0.2) is 41.3 Å². The Balaban J connectivity index is 2.09. The first-order chi connectivity index (χ1) is 14.0. The predicted molar refractivity (Wildman–Crippen MR) is 125 cm³/mol. The van der Waals surface area contributed by atoms with Crippen molar-refractivity contribution in [2.24, 2.45) is 0 Å². The number of carboxylic acids is 1. The van der Waals surface area contributed by atoms with E-state index in [0.29, 0.717) is 6.04 Å². The van der Waals surface area contributed by atoms with Crippen molar-refractivity contribution in [3.63, 3.8) is 0 Å². The van der Waals surface area contributed by atoms with Crippen LogP contribution in [0, 0.1) is 0 Å². The summed E-state index contributed by atoms with van der Waals surface area (Å²) >= 11 is 3.40. The van der Waals surface area contributed by atoms with Gasteiger partial charge in [-0.15, -0.1) is 11.8 Å². The first-order valence-corrected chi connectivity index (χ1v) is 11.9. The Morgan fingerprint density at radius 1 is 1.31 bits per heavy atom. The molecule has 1 heterocycles. The van der Waals surface area contributed by atoms with Crippen LogP contribution in [-0.2, 0) is 4.79 Å². The minimum absolute atomic E-state index is 0.434. The van der Waals surface area contributed by atoms with Gasteiger partial charge in [-0.25, -0.2) is 9.10 Å². The number of thioether (sulfide) groups is 1. The zero-order chi connectivity index (χ0) is 20.8. The summed E-state index contributed by atoms with van der Waals surface area (Å²) in [5.74, 6) is -0.928. The summed E-state index contributed by atoms with van der Waals surface area (Å²) < 4.78 is 2.36. The van der Waals surface area contributed by atoms with E-state index in [1.807, 2.05) is 12.3 Å². The van der Waals surface area contributed by atoms with Gasteiger partial charge in [0.05, 0.1) is 5.69 Å². The molecule has 6 heteroatoms. The lowest BCUT2D eigenvalue weighted by atomic mass is 10.1. The lowest BCUT2D eigenvalue weighted by Crippen LogP contribution is -2.35. The molecule has 154 valence electrons. The molecule has 0 radical (unpaired) electrons. The highest BCUT2D eigenvalue weighted by atomic mass is 32.2. The van der Waals surface area contributed by atoms with E-state index in [2.05, 4.69) is 59.6 Å². The lowest BCUT2D eigenvalue weighted by Gasteiger charge is -2.30. The SMILES string of the molecule is CCCCC1CN(c2ccccc2)c2cc(SC)c(/C=C/C(=O)O)cc2SN1C. The quantitative estimate of drug-likeness (QED) is 0.324. The molecule has 1 unspecified atom stereocenters. The van der Waals surface area contributed by atoms with Gasteiger partial charge in [0, 0.05) is 34.1 Å². The van der Waals surface area contributed by atoms with Gasteiger partial charge in [0.1, 0.15) is 0 Å². The van der Waals surface area contributed by atoms with Crippen molar-refractivity contribution in [2.45, 2.75) is 42.0 Å². The van der Waals surface area contributed by atoms with E-state index >= 15 is 0 Å². The van der Waals surface area contributed by atoms with Crippen LogP contribution in [0.3, 0.4) is 0 Å². The zero-order valence-electron chi connectivity index (χ0n) is 17.2. The maximum atomic E-state index is 11.0. The second kappa shape index (κ2) is 10.2. The molecule has 1 N–H and O–H groups in total. The van der Waals surface area contributed by atoms with Gasteiger partial charge in [0.15, 0.2) is 0 Å². The molecule has 0 fully saturated rings. The maximum Gasteiger partial charge on any atom is 0.328 e. The van der Waals surface area contributed by atoms with E-state index in [1.54, 1.807) is 29.8 Å². The minimum Gasteiger partial charge on any atom is -0.478 e. The molecule has 1 atom stereocenters. The molecule has 0 spiro atoms. The van der Waals surface area contributed by atoms with Crippen LogP contribution < -0.4 is 4.90 Å². The number of hydrogen-bond acceptors (Lipinski definition) is 5. The molecule has 0 saturated heterocycles. The van der Waals surface area contributed by atoms with Crippen molar-refractivity contribution in [3.8, 4) is 0 Å². The fourth-order valence-corrected chi connectivity index (χ4v) is 5.20. The van der Waals surface area contributed by atoms with Crippen molar-refractivity contribution in [1.29, 1.82) is 0 Å². The topological polar surface area (TPSA) is 43.8 Å². The van der Waals surface area contributed by atoms with Crippen molar-refractivity contribution in [3.05, 3.63) is 54.1 Å².